The molecule has 24 heavy (non-hydrogen) atoms. The summed E-state index contributed by atoms with van der Waals surface area (Å²) in [5.41, 5.74) is -1.76. The van der Waals surface area contributed by atoms with Gasteiger partial charge in [-0.1, -0.05) is 17.2 Å². The second-order valence-corrected chi connectivity index (χ2v) is 4.46. The molecule has 2 rings (SSSR count). The fraction of sp³-hybridized carbons (Fsp3) is 0.200. The van der Waals surface area contributed by atoms with Crippen molar-refractivity contribution in [3.8, 4) is 11.3 Å². The zero-order chi connectivity index (χ0) is 17.8. The van der Waals surface area contributed by atoms with E-state index < -0.39 is 34.9 Å². The van der Waals surface area contributed by atoms with E-state index in [1.54, 1.807) is 13.0 Å². The minimum absolute atomic E-state index is 0. The summed E-state index contributed by atoms with van der Waals surface area (Å²) >= 11 is 0. The van der Waals surface area contributed by atoms with E-state index in [2.05, 4.69) is 11.1 Å². The normalized spacial score (nSPS) is 10.3. The number of hydrogen-bond acceptors (Lipinski definition) is 1. The molecule has 0 aliphatic carbocycles. The molecule has 1 aromatic carbocycles. The van der Waals surface area contributed by atoms with Gasteiger partial charge < -0.3 is 14.9 Å². The van der Waals surface area contributed by atoms with E-state index in [4.69, 9.17) is 9.90 Å². The van der Waals surface area contributed by atoms with Gasteiger partial charge in [-0.15, -0.1) is 12.1 Å². The molecule has 2 aromatic rings. The molecule has 0 amide bonds. The van der Waals surface area contributed by atoms with Crippen LogP contribution in [0, 0.1) is 24.6 Å². The number of hydrogen-bond donors (Lipinski definition) is 1. The fourth-order valence-electron chi connectivity index (χ4n) is 1.62. The maximum atomic E-state index is 13.8. The third-order valence-corrected chi connectivity index (χ3v) is 2.48. The molecule has 3 nitrogen and oxygen atoms in total. The van der Waals surface area contributed by atoms with E-state index in [1.807, 2.05) is 0 Å². The Morgan fingerprint density at radius 3 is 2.29 bits per heavy atom. The topological polar surface area (TPSA) is 54.5 Å². The molecule has 0 saturated heterocycles. The Hall–Kier alpha value is -1.86. The largest absolute Gasteiger partial charge is 0.477 e. The standard InChI is InChI=1S/C13H7F5N.C2H4O2.Ir/c1-7-4-5-19-10(6-7)8-2-3-9(14)11(12(8)15)13(16,17)18;1-2(3)4;/h3-6H,1H3;1H3,(H,3,4);/q-1;;/p+1. The monoisotopic (exact) mass is 526 g/mol. The summed E-state index contributed by atoms with van der Waals surface area (Å²) in [4.78, 5) is 11.3. The molecule has 1 aromatic heterocycles. The summed E-state index contributed by atoms with van der Waals surface area (Å²) in [6, 6.07) is 5.61. The molecule has 0 aliphatic rings. The number of aliphatic hydroxyl groups excluding tert-OH is 1. The van der Waals surface area contributed by atoms with Crippen LogP contribution in [0.2, 0.25) is 0 Å². The molecule has 133 valence electrons. The van der Waals surface area contributed by atoms with Crippen molar-refractivity contribution in [2.75, 3.05) is 0 Å². The zero-order valence-electron chi connectivity index (χ0n) is 12.4. The Morgan fingerprint density at radius 2 is 1.83 bits per heavy atom. The molecular formula is C15H12F5IrNO2. The second-order valence-electron chi connectivity index (χ2n) is 4.46. The van der Waals surface area contributed by atoms with Gasteiger partial charge in [0.2, 0.25) is 0 Å². The van der Waals surface area contributed by atoms with Crippen molar-refractivity contribution in [2.24, 2.45) is 0 Å². The molecule has 0 unspecified atom stereocenters. The first kappa shape index (κ1) is 22.1. The van der Waals surface area contributed by atoms with Gasteiger partial charge in [0.1, 0.15) is 0 Å². The average molecular weight is 525 g/mol. The van der Waals surface area contributed by atoms with Crippen LogP contribution in [0.25, 0.3) is 11.3 Å². The summed E-state index contributed by atoms with van der Waals surface area (Å²) in [6.45, 7) is 2.87. The molecule has 2 N–H and O–H groups in total. The Kier molecular flexibility index (Phi) is 8.16. The molecule has 0 saturated carbocycles. The summed E-state index contributed by atoms with van der Waals surface area (Å²) in [5.74, 6) is -3.98. The number of nitrogens with zero attached hydrogens (tertiary/aromatic N) is 1. The quantitative estimate of drug-likeness (QED) is 0.345. The van der Waals surface area contributed by atoms with Crippen molar-refractivity contribution < 1.29 is 52.0 Å². The number of halogens is 5. The van der Waals surface area contributed by atoms with Crippen LogP contribution in [-0.2, 0) is 26.3 Å². The Labute approximate surface area is 147 Å². The predicted molar refractivity (Wildman–Crippen MR) is 73.4 cm³/mol. The number of aryl methyl sites for hydroxylation is 1. The SMILES string of the molecule is CC(O)=[OH+].Cc1ccnc(-c2[c-]cc(F)c(C(F)(F)F)c2F)c1.[Ir]. The maximum absolute atomic E-state index is 13.8. The number of aromatic nitrogens is 1. The van der Waals surface area contributed by atoms with Crippen LogP contribution in [0.5, 0.6) is 0 Å². The Morgan fingerprint density at radius 1 is 1.29 bits per heavy atom. The van der Waals surface area contributed by atoms with E-state index in [9.17, 15) is 22.0 Å². The van der Waals surface area contributed by atoms with Gasteiger partial charge in [-0.3, -0.25) is 8.78 Å². The van der Waals surface area contributed by atoms with Gasteiger partial charge in [0.15, 0.2) is 0 Å². The Balaban J connectivity index is 0.000000954. The van der Waals surface area contributed by atoms with Crippen LogP contribution in [0.1, 0.15) is 18.1 Å². The van der Waals surface area contributed by atoms with Gasteiger partial charge in [0, 0.05) is 31.9 Å². The molecule has 1 heterocycles. The van der Waals surface area contributed by atoms with Gasteiger partial charge in [0.05, 0.1) is 18.6 Å². The number of carboxylic acids is 1. The van der Waals surface area contributed by atoms with Crippen molar-refractivity contribution in [2.45, 2.75) is 20.0 Å². The van der Waals surface area contributed by atoms with Gasteiger partial charge in [0.25, 0.3) is 0 Å². The first-order chi connectivity index (χ1) is 10.5. The first-order valence-corrected chi connectivity index (χ1v) is 6.15. The van der Waals surface area contributed by atoms with Gasteiger partial charge in [-0.25, -0.2) is 0 Å². The van der Waals surface area contributed by atoms with Crippen LogP contribution < -0.4 is 0 Å². The molecule has 0 fully saturated rings. The van der Waals surface area contributed by atoms with Crippen molar-refractivity contribution in [1.29, 1.82) is 0 Å². The summed E-state index contributed by atoms with van der Waals surface area (Å²) in [7, 11) is 0. The maximum Gasteiger partial charge on any atom is 0.477 e. The molecule has 0 atom stereocenters. The number of rotatable bonds is 1. The van der Waals surface area contributed by atoms with Gasteiger partial charge in [-0.2, -0.15) is 13.2 Å². The zero-order valence-corrected chi connectivity index (χ0v) is 14.8. The summed E-state index contributed by atoms with van der Waals surface area (Å²) in [6.07, 6.45) is -3.78. The third kappa shape index (κ3) is 5.97. The van der Waals surface area contributed by atoms with Gasteiger partial charge in [-0.05, 0) is 18.7 Å². The number of alkyl halides is 3. The number of pyridine rings is 1. The van der Waals surface area contributed by atoms with Crippen molar-refractivity contribution in [1.82, 2.24) is 4.98 Å². The molecule has 1 radical (unpaired) electrons. The van der Waals surface area contributed by atoms with E-state index in [1.165, 1.54) is 19.2 Å². The Bertz CT molecular complexity index is 715. The predicted octanol–water partition coefficient (Wildman–Crippen LogP) is 4.22. The molecule has 0 spiro atoms. The minimum Gasteiger partial charge on any atom is -0.339 e. The van der Waals surface area contributed by atoms with Crippen LogP contribution in [0.3, 0.4) is 0 Å². The van der Waals surface area contributed by atoms with Crippen LogP contribution in [-0.4, -0.2) is 20.9 Å². The molecule has 0 aliphatic heterocycles. The average Bonchev–Trinajstić information content (AvgIpc) is 2.36. The number of benzene rings is 1. The molecule has 0 bridgehead atoms. The van der Waals surface area contributed by atoms with Crippen LogP contribution >= 0.6 is 0 Å². The fourth-order valence-corrected chi connectivity index (χ4v) is 1.62. The second kappa shape index (κ2) is 8.84. The van der Waals surface area contributed by atoms with Crippen molar-refractivity contribution >= 4 is 5.97 Å². The van der Waals surface area contributed by atoms with Gasteiger partial charge >= 0.3 is 12.1 Å². The summed E-state index contributed by atoms with van der Waals surface area (Å²) in [5, 5.41) is 7.53. The third-order valence-electron chi connectivity index (χ3n) is 2.48. The smallest absolute Gasteiger partial charge is 0.339 e. The van der Waals surface area contributed by atoms with E-state index >= 15 is 0 Å². The van der Waals surface area contributed by atoms with Crippen LogP contribution in [0.15, 0.2) is 24.4 Å². The van der Waals surface area contributed by atoms with E-state index in [0.717, 1.165) is 0 Å². The molecule has 9 heteroatoms. The van der Waals surface area contributed by atoms with Crippen molar-refractivity contribution in [3.63, 3.8) is 0 Å². The first-order valence-electron chi connectivity index (χ1n) is 6.15. The summed E-state index contributed by atoms with van der Waals surface area (Å²) < 4.78 is 64.6. The minimum atomic E-state index is -5.11. The number of aliphatic carboxylic acids is 1. The van der Waals surface area contributed by atoms with Crippen LogP contribution in [0.4, 0.5) is 22.0 Å². The van der Waals surface area contributed by atoms with Crippen molar-refractivity contribution in [3.05, 3.63) is 53.2 Å². The molecular weight excluding hydrogens is 513 g/mol. The van der Waals surface area contributed by atoms with E-state index in [0.29, 0.717) is 11.6 Å². The number of carboxylic acid groups (broad SMARTS) is 1. The van der Waals surface area contributed by atoms with E-state index in [-0.39, 0.29) is 25.8 Å².